The first-order valence-corrected chi connectivity index (χ1v) is 4.72. The predicted octanol–water partition coefficient (Wildman–Crippen LogP) is 0.575. The Morgan fingerprint density at radius 1 is 1.09 bits per heavy atom. The van der Waals surface area contributed by atoms with Crippen LogP contribution in [-0.4, -0.2) is 0 Å². The van der Waals surface area contributed by atoms with Crippen molar-refractivity contribution in [3.05, 3.63) is 6.92 Å². The minimum absolute atomic E-state index is 0. The monoisotopic (exact) mass is 146 g/mol. The molecule has 0 heterocycles. The standard InChI is InChI=1S/C10H19.Li/c1-2-3-7-10-8-5-4-6-9-10;/h10H,1-9H2;/q-1;+1. The van der Waals surface area contributed by atoms with Gasteiger partial charge in [-0.25, -0.2) is 0 Å². The van der Waals surface area contributed by atoms with Crippen molar-refractivity contribution in [2.45, 2.75) is 51.4 Å². The van der Waals surface area contributed by atoms with E-state index in [1.165, 1.54) is 44.9 Å². The molecule has 0 bridgehead atoms. The van der Waals surface area contributed by atoms with E-state index < -0.39 is 0 Å². The molecule has 0 spiro atoms. The molecule has 0 N–H and O–H groups in total. The molecule has 0 aromatic heterocycles. The molecular formula is C10H19Li. The molecule has 0 saturated heterocycles. The maximum Gasteiger partial charge on any atom is 1.00 e. The summed E-state index contributed by atoms with van der Waals surface area (Å²) in [4.78, 5) is 0. The maximum absolute atomic E-state index is 3.87. The van der Waals surface area contributed by atoms with Crippen molar-refractivity contribution in [3.63, 3.8) is 0 Å². The summed E-state index contributed by atoms with van der Waals surface area (Å²) in [5, 5.41) is 0. The zero-order valence-corrected chi connectivity index (χ0v) is 7.94. The van der Waals surface area contributed by atoms with Crippen LogP contribution in [0.5, 0.6) is 0 Å². The largest absolute Gasteiger partial charge is 1.00 e. The quantitative estimate of drug-likeness (QED) is 0.403. The van der Waals surface area contributed by atoms with Gasteiger partial charge in [0.05, 0.1) is 0 Å². The normalized spacial score (nSPS) is 19.4. The van der Waals surface area contributed by atoms with Crippen LogP contribution in [0.1, 0.15) is 51.4 Å². The van der Waals surface area contributed by atoms with Crippen LogP contribution in [-0.2, 0) is 0 Å². The van der Waals surface area contributed by atoms with Crippen molar-refractivity contribution in [2.75, 3.05) is 0 Å². The third kappa shape index (κ3) is 4.94. The molecule has 0 radical (unpaired) electrons. The summed E-state index contributed by atoms with van der Waals surface area (Å²) in [6, 6.07) is 0. The minimum atomic E-state index is 0. The molecule has 0 nitrogen and oxygen atoms in total. The zero-order valence-electron chi connectivity index (χ0n) is 7.94. The van der Waals surface area contributed by atoms with E-state index in [0.29, 0.717) is 0 Å². The second-order valence-corrected chi connectivity index (χ2v) is 3.50. The van der Waals surface area contributed by atoms with Gasteiger partial charge in [0.1, 0.15) is 0 Å². The van der Waals surface area contributed by atoms with Crippen molar-refractivity contribution in [1.82, 2.24) is 0 Å². The Labute approximate surface area is 83.3 Å². The molecule has 60 valence electrons. The van der Waals surface area contributed by atoms with Crippen LogP contribution >= 0.6 is 0 Å². The van der Waals surface area contributed by atoms with E-state index >= 15 is 0 Å². The Balaban J connectivity index is 0.000001000. The van der Waals surface area contributed by atoms with Crippen molar-refractivity contribution in [3.8, 4) is 0 Å². The van der Waals surface area contributed by atoms with Gasteiger partial charge in [-0.15, -0.1) is 0 Å². The number of rotatable bonds is 3. The molecule has 1 aliphatic carbocycles. The number of hydrogen-bond donors (Lipinski definition) is 0. The summed E-state index contributed by atoms with van der Waals surface area (Å²) in [6.45, 7) is 3.87. The fraction of sp³-hybridized carbons (Fsp3) is 0.900. The van der Waals surface area contributed by atoms with Crippen LogP contribution in [0.3, 0.4) is 0 Å². The Morgan fingerprint density at radius 3 is 2.27 bits per heavy atom. The fourth-order valence-corrected chi connectivity index (χ4v) is 1.91. The van der Waals surface area contributed by atoms with E-state index in [2.05, 4.69) is 6.92 Å². The molecule has 0 aromatic rings. The van der Waals surface area contributed by atoms with E-state index in [1.807, 2.05) is 0 Å². The van der Waals surface area contributed by atoms with Crippen LogP contribution in [0.25, 0.3) is 0 Å². The third-order valence-electron chi connectivity index (χ3n) is 2.59. The van der Waals surface area contributed by atoms with Gasteiger partial charge in [0.2, 0.25) is 0 Å². The van der Waals surface area contributed by atoms with Crippen LogP contribution in [0.4, 0.5) is 0 Å². The molecule has 1 aliphatic rings. The van der Waals surface area contributed by atoms with E-state index in [-0.39, 0.29) is 18.9 Å². The SMILES string of the molecule is [CH2-]CCCC1CCCCC1.[Li+]. The van der Waals surface area contributed by atoms with Gasteiger partial charge in [0.25, 0.3) is 0 Å². The molecule has 0 aromatic carbocycles. The molecule has 1 fully saturated rings. The van der Waals surface area contributed by atoms with Crippen molar-refractivity contribution >= 4 is 0 Å². The molecule has 1 rings (SSSR count). The summed E-state index contributed by atoms with van der Waals surface area (Å²) < 4.78 is 0. The Hall–Kier alpha value is 0.597. The summed E-state index contributed by atoms with van der Waals surface area (Å²) in [5.74, 6) is 1.07. The third-order valence-corrected chi connectivity index (χ3v) is 2.59. The summed E-state index contributed by atoms with van der Waals surface area (Å²) >= 11 is 0. The molecular weight excluding hydrogens is 127 g/mol. The van der Waals surface area contributed by atoms with Gasteiger partial charge < -0.3 is 6.92 Å². The fourth-order valence-electron chi connectivity index (χ4n) is 1.91. The topological polar surface area (TPSA) is 0 Å². The van der Waals surface area contributed by atoms with Gasteiger partial charge >= 0.3 is 18.9 Å². The van der Waals surface area contributed by atoms with Gasteiger partial charge in [-0.3, -0.25) is 0 Å². The van der Waals surface area contributed by atoms with Crippen molar-refractivity contribution in [2.24, 2.45) is 5.92 Å². The molecule has 1 saturated carbocycles. The molecule has 0 unspecified atom stereocenters. The van der Waals surface area contributed by atoms with E-state index in [1.54, 1.807) is 0 Å². The van der Waals surface area contributed by atoms with Crippen LogP contribution in [0.15, 0.2) is 0 Å². The second-order valence-electron chi connectivity index (χ2n) is 3.50. The van der Waals surface area contributed by atoms with Gasteiger partial charge in [0, 0.05) is 0 Å². The van der Waals surface area contributed by atoms with Crippen LogP contribution < -0.4 is 18.9 Å². The summed E-state index contributed by atoms with van der Waals surface area (Å²) in [6.07, 6.45) is 11.4. The average molecular weight is 146 g/mol. The van der Waals surface area contributed by atoms with Gasteiger partial charge in [-0.1, -0.05) is 44.9 Å². The van der Waals surface area contributed by atoms with Crippen LogP contribution in [0.2, 0.25) is 0 Å². The smallest absolute Gasteiger partial charge is 0.343 e. The summed E-state index contributed by atoms with van der Waals surface area (Å²) in [5.41, 5.74) is 0. The maximum atomic E-state index is 3.87. The Kier molecular flexibility index (Phi) is 7.65. The van der Waals surface area contributed by atoms with Gasteiger partial charge in [-0.2, -0.15) is 6.42 Å². The minimum Gasteiger partial charge on any atom is -0.343 e. The Bertz CT molecular complexity index is 74.9. The average Bonchev–Trinajstić information content (AvgIpc) is 2.03. The zero-order chi connectivity index (χ0) is 7.23. The number of hydrogen-bond acceptors (Lipinski definition) is 0. The van der Waals surface area contributed by atoms with E-state index in [0.717, 1.165) is 12.3 Å². The first-order valence-electron chi connectivity index (χ1n) is 4.72. The first kappa shape index (κ1) is 11.6. The van der Waals surface area contributed by atoms with Crippen LogP contribution in [0, 0.1) is 12.8 Å². The van der Waals surface area contributed by atoms with Gasteiger partial charge in [0.15, 0.2) is 0 Å². The predicted molar refractivity (Wildman–Crippen MR) is 45.8 cm³/mol. The van der Waals surface area contributed by atoms with E-state index in [4.69, 9.17) is 0 Å². The Morgan fingerprint density at radius 2 is 1.73 bits per heavy atom. The van der Waals surface area contributed by atoms with Crippen molar-refractivity contribution in [1.29, 1.82) is 0 Å². The van der Waals surface area contributed by atoms with E-state index in [9.17, 15) is 0 Å². The molecule has 0 amide bonds. The second kappa shape index (κ2) is 7.26. The number of unbranched alkanes of at least 4 members (excludes halogenated alkanes) is 1. The molecule has 11 heavy (non-hydrogen) atoms. The molecule has 0 atom stereocenters. The van der Waals surface area contributed by atoms with Crippen molar-refractivity contribution < 1.29 is 18.9 Å². The summed E-state index contributed by atoms with van der Waals surface area (Å²) in [7, 11) is 0. The molecule has 0 aliphatic heterocycles. The molecule has 1 heteroatoms. The van der Waals surface area contributed by atoms with Gasteiger partial charge in [-0.05, 0) is 5.92 Å². The first-order chi connectivity index (χ1) is 4.93.